The van der Waals surface area contributed by atoms with Crippen molar-refractivity contribution in [3.63, 3.8) is 0 Å². The second-order valence-corrected chi connectivity index (χ2v) is 11.6. The van der Waals surface area contributed by atoms with Gasteiger partial charge in [0, 0.05) is 16.3 Å². The van der Waals surface area contributed by atoms with Crippen LogP contribution in [0, 0.1) is 16.2 Å². The number of rotatable bonds is 3. The fraction of sp³-hybridized carbons (Fsp3) is 0.938. The van der Waals surface area contributed by atoms with Crippen LogP contribution in [-0.2, 0) is 4.79 Å². The maximum absolute atomic E-state index is 13.1. The minimum atomic E-state index is -0.246. The van der Waals surface area contributed by atoms with Gasteiger partial charge in [-0.15, -0.1) is 0 Å². The first-order valence-corrected chi connectivity index (χ1v) is 10.8. The summed E-state index contributed by atoms with van der Waals surface area (Å²) in [6, 6.07) is 0.399. The highest BCUT2D eigenvalue weighted by Gasteiger charge is 2.83. The molecule has 2 bridgehead atoms. The Morgan fingerprint density at radius 1 is 1.14 bits per heavy atom. The zero-order valence-electron chi connectivity index (χ0n) is 12.7. The van der Waals surface area contributed by atoms with Crippen molar-refractivity contribution in [1.82, 2.24) is 5.32 Å². The Hall–Kier alpha value is 0.910. The molecule has 4 aliphatic rings. The lowest BCUT2D eigenvalue weighted by molar-refractivity contribution is -0.162. The molecule has 0 aromatic carbocycles. The first-order valence-electron chi connectivity index (χ1n) is 8.04. The van der Waals surface area contributed by atoms with E-state index in [0.29, 0.717) is 6.04 Å². The summed E-state index contributed by atoms with van der Waals surface area (Å²) in [7, 11) is 0. The summed E-state index contributed by atoms with van der Waals surface area (Å²) in [6.07, 6.45) is 8.22. The molecule has 0 aromatic heterocycles. The van der Waals surface area contributed by atoms with E-state index in [0.717, 1.165) is 25.7 Å². The maximum atomic E-state index is 13.1. The SMILES string of the molecule is CC1(C)C2(C(=O)NC3CCCCC3)CCC1(C(Br)Br)C2Br. The molecule has 0 heterocycles. The van der Waals surface area contributed by atoms with Crippen LogP contribution in [-0.4, -0.2) is 20.5 Å². The standard InChI is InChI=1S/C16H24Br3NO/c1-14(2)15(12(18)19)8-9-16(14,11(15)17)13(21)20-10-6-4-3-5-7-10/h10-12H,3-9H2,1-2H3,(H,20,21). The minimum Gasteiger partial charge on any atom is -0.353 e. The molecule has 5 heteroatoms. The van der Waals surface area contributed by atoms with Crippen LogP contribution in [0.25, 0.3) is 0 Å². The third-order valence-corrected chi connectivity index (χ3v) is 10.1. The van der Waals surface area contributed by atoms with Crippen LogP contribution in [0.15, 0.2) is 0 Å². The summed E-state index contributed by atoms with van der Waals surface area (Å²) < 4.78 is 0.245. The quantitative estimate of drug-likeness (QED) is 0.552. The number of alkyl halides is 3. The molecular weight excluding hydrogens is 462 g/mol. The molecule has 4 saturated carbocycles. The predicted molar refractivity (Wildman–Crippen MR) is 97.3 cm³/mol. The number of nitrogens with one attached hydrogen (secondary N) is 1. The molecule has 0 spiro atoms. The monoisotopic (exact) mass is 483 g/mol. The van der Waals surface area contributed by atoms with E-state index in [1.807, 2.05) is 0 Å². The van der Waals surface area contributed by atoms with Gasteiger partial charge < -0.3 is 5.32 Å². The zero-order chi connectivity index (χ0) is 15.5. The fourth-order valence-corrected chi connectivity index (χ4v) is 10.2. The predicted octanol–water partition coefficient (Wildman–Crippen LogP) is 5.12. The van der Waals surface area contributed by atoms with E-state index in [4.69, 9.17) is 0 Å². The third kappa shape index (κ3) is 1.95. The van der Waals surface area contributed by atoms with E-state index < -0.39 is 0 Å². The van der Waals surface area contributed by atoms with Crippen LogP contribution in [0.5, 0.6) is 0 Å². The van der Waals surface area contributed by atoms with E-state index in [2.05, 4.69) is 67.0 Å². The van der Waals surface area contributed by atoms with Gasteiger partial charge in [-0.3, -0.25) is 4.79 Å². The second kappa shape index (κ2) is 5.47. The molecule has 1 amide bonds. The number of amides is 1. The highest BCUT2D eigenvalue weighted by molar-refractivity contribution is 9.24. The lowest BCUT2D eigenvalue weighted by Crippen LogP contribution is -2.72. The van der Waals surface area contributed by atoms with E-state index >= 15 is 0 Å². The second-order valence-electron chi connectivity index (χ2n) is 7.61. The first kappa shape index (κ1) is 16.8. The number of halogens is 3. The van der Waals surface area contributed by atoms with E-state index in [-0.39, 0.29) is 30.7 Å². The normalized spacial score (nSPS) is 41.9. The average molecular weight is 486 g/mol. The van der Waals surface area contributed by atoms with Crippen molar-refractivity contribution in [2.24, 2.45) is 16.2 Å². The van der Waals surface area contributed by atoms with Gasteiger partial charge in [0.2, 0.25) is 5.91 Å². The Labute approximate surface area is 153 Å². The summed E-state index contributed by atoms with van der Waals surface area (Å²) in [5.41, 5.74) is -0.119. The van der Waals surface area contributed by atoms with Crippen molar-refractivity contribution in [3.8, 4) is 0 Å². The van der Waals surface area contributed by atoms with Crippen LogP contribution in [0.1, 0.15) is 58.8 Å². The molecular formula is C16H24Br3NO. The molecule has 3 unspecified atom stereocenters. The van der Waals surface area contributed by atoms with Crippen molar-refractivity contribution in [1.29, 1.82) is 0 Å². The topological polar surface area (TPSA) is 29.1 Å². The molecule has 4 fully saturated rings. The summed E-state index contributed by atoms with van der Waals surface area (Å²) in [5.74, 6) is 0.287. The van der Waals surface area contributed by atoms with Gasteiger partial charge in [0.1, 0.15) is 0 Å². The lowest BCUT2D eigenvalue weighted by atomic mass is 9.43. The summed E-state index contributed by atoms with van der Waals surface area (Å²) in [6.45, 7) is 4.54. The average Bonchev–Trinajstić information content (AvgIpc) is 2.89. The molecule has 2 nitrogen and oxygen atoms in total. The molecule has 3 atom stereocenters. The molecule has 1 N–H and O–H groups in total. The van der Waals surface area contributed by atoms with Gasteiger partial charge in [-0.1, -0.05) is 80.9 Å². The van der Waals surface area contributed by atoms with Crippen molar-refractivity contribution in [2.45, 2.75) is 73.4 Å². The van der Waals surface area contributed by atoms with E-state index in [1.54, 1.807) is 0 Å². The van der Waals surface area contributed by atoms with Crippen molar-refractivity contribution in [3.05, 3.63) is 0 Å². The Morgan fingerprint density at radius 2 is 1.76 bits per heavy atom. The highest BCUT2D eigenvalue weighted by Crippen LogP contribution is 2.82. The number of fused-ring (bicyclic) bond motifs is 1. The molecule has 4 rings (SSSR count). The van der Waals surface area contributed by atoms with Gasteiger partial charge in [-0.25, -0.2) is 0 Å². The minimum absolute atomic E-state index is 0.00455. The van der Waals surface area contributed by atoms with E-state index in [9.17, 15) is 4.79 Å². The number of carbonyl (C=O) groups excluding carboxylic acids is 1. The number of hydrogen-bond donors (Lipinski definition) is 1. The highest BCUT2D eigenvalue weighted by atomic mass is 79.9. The van der Waals surface area contributed by atoms with Gasteiger partial charge in [-0.05, 0) is 31.1 Å². The van der Waals surface area contributed by atoms with Crippen LogP contribution in [0.3, 0.4) is 0 Å². The molecule has 0 saturated heterocycles. The van der Waals surface area contributed by atoms with Crippen LogP contribution in [0.4, 0.5) is 0 Å². The smallest absolute Gasteiger partial charge is 0.228 e. The lowest BCUT2D eigenvalue weighted by Gasteiger charge is -2.66. The van der Waals surface area contributed by atoms with Gasteiger partial charge in [0.15, 0.2) is 0 Å². The Kier molecular flexibility index (Phi) is 4.37. The summed E-state index contributed by atoms with van der Waals surface area (Å²) >= 11 is 11.4. The van der Waals surface area contributed by atoms with Crippen LogP contribution >= 0.6 is 47.8 Å². The van der Waals surface area contributed by atoms with Gasteiger partial charge in [-0.2, -0.15) is 0 Å². The van der Waals surface area contributed by atoms with E-state index in [1.165, 1.54) is 19.3 Å². The third-order valence-electron chi connectivity index (χ3n) is 6.83. The van der Waals surface area contributed by atoms with Gasteiger partial charge >= 0.3 is 0 Å². The molecule has 4 aliphatic carbocycles. The Morgan fingerprint density at radius 3 is 2.24 bits per heavy atom. The van der Waals surface area contributed by atoms with Crippen molar-refractivity contribution in [2.75, 3.05) is 0 Å². The zero-order valence-corrected chi connectivity index (χ0v) is 17.5. The largest absolute Gasteiger partial charge is 0.353 e. The number of carbonyl (C=O) groups is 1. The molecule has 120 valence electrons. The Bertz CT molecular complexity index is 447. The van der Waals surface area contributed by atoms with Crippen molar-refractivity contribution >= 4 is 53.7 Å². The molecule has 21 heavy (non-hydrogen) atoms. The number of hydrogen-bond acceptors (Lipinski definition) is 1. The van der Waals surface area contributed by atoms with Gasteiger partial charge in [0.25, 0.3) is 0 Å². The molecule has 0 aromatic rings. The maximum Gasteiger partial charge on any atom is 0.228 e. The Balaban J connectivity index is 1.80. The summed E-state index contributed by atoms with van der Waals surface area (Å²) in [5, 5.41) is 3.38. The van der Waals surface area contributed by atoms with Gasteiger partial charge in [0.05, 0.1) is 9.15 Å². The first-order chi connectivity index (χ1) is 9.80. The van der Waals surface area contributed by atoms with Crippen molar-refractivity contribution < 1.29 is 4.79 Å². The summed E-state index contributed by atoms with van der Waals surface area (Å²) in [4.78, 5) is 13.3. The fourth-order valence-electron chi connectivity index (χ4n) is 5.26. The molecule has 0 radical (unpaired) electrons. The molecule has 0 aliphatic heterocycles. The van der Waals surface area contributed by atoms with Crippen LogP contribution < -0.4 is 5.32 Å². The van der Waals surface area contributed by atoms with Crippen LogP contribution in [0.2, 0.25) is 0 Å².